The van der Waals surface area contributed by atoms with Gasteiger partial charge in [-0.15, -0.1) is 0 Å². The summed E-state index contributed by atoms with van der Waals surface area (Å²) < 4.78 is 12.1. The number of nitrogens with zero attached hydrogens (tertiary/aromatic N) is 2. The average Bonchev–Trinajstić information content (AvgIpc) is 2.58. The van der Waals surface area contributed by atoms with Gasteiger partial charge in [-0.3, -0.25) is 0 Å². The third kappa shape index (κ3) is 2.42. The Bertz CT molecular complexity index is 705. The zero-order valence-corrected chi connectivity index (χ0v) is 13.8. The van der Waals surface area contributed by atoms with E-state index in [0.717, 1.165) is 10.8 Å². The lowest BCUT2D eigenvalue weighted by Gasteiger charge is -2.32. The van der Waals surface area contributed by atoms with Crippen LogP contribution in [0.2, 0.25) is 10.3 Å². The Labute approximate surface area is 133 Å². The van der Waals surface area contributed by atoms with Gasteiger partial charge in [0, 0.05) is 17.0 Å². The molecule has 0 N–H and O–H groups in total. The summed E-state index contributed by atoms with van der Waals surface area (Å²) >= 11 is 12.3. The molecule has 2 aromatic rings. The van der Waals surface area contributed by atoms with Crippen LogP contribution in [-0.2, 0) is 9.31 Å². The van der Waals surface area contributed by atoms with Crippen molar-refractivity contribution in [3.05, 3.63) is 28.6 Å². The van der Waals surface area contributed by atoms with Crippen LogP contribution in [-0.4, -0.2) is 28.3 Å². The van der Waals surface area contributed by atoms with Gasteiger partial charge in [0.1, 0.15) is 0 Å². The van der Waals surface area contributed by atoms with Gasteiger partial charge < -0.3 is 9.31 Å². The molecule has 0 saturated carbocycles. The molecule has 1 fully saturated rings. The van der Waals surface area contributed by atoms with E-state index in [1.54, 1.807) is 6.20 Å². The van der Waals surface area contributed by atoms with Gasteiger partial charge in [0.25, 0.3) is 0 Å². The lowest BCUT2D eigenvalue weighted by Crippen LogP contribution is -2.41. The van der Waals surface area contributed by atoms with Crippen molar-refractivity contribution >= 4 is 46.7 Å². The van der Waals surface area contributed by atoms with Crippen molar-refractivity contribution in [1.29, 1.82) is 0 Å². The topological polar surface area (TPSA) is 44.2 Å². The Morgan fingerprint density at radius 1 is 1.05 bits per heavy atom. The monoisotopic (exact) mass is 324 g/mol. The van der Waals surface area contributed by atoms with Gasteiger partial charge in [0.15, 0.2) is 0 Å². The smallest absolute Gasteiger partial charge is 0.399 e. The maximum atomic E-state index is 6.48. The fourth-order valence-electron chi connectivity index (χ4n) is 2.22. The highest BCUT2D eigenvalue weighted by molar-refractivity contribution is 6.66. The number of hydrogen-bond donors (Lipinski definition) is 0. The maximum Gasteiger partial charge on any atom is 0.496 e. The second-order valence-corrected chi connectivity index (χ2v) is 6.84. The van der Waals surface area contributed by atoms with Crippen LogP contribution in [0.5, 0.6) is 0 Å². The molecule has 1 aromatic heterocycles. The summed E-state index contributed by atoms with van der Waals surface area (Å²) in [7, 11) is -0.512. The minimum Gasteiger partial charge on any atom is -0.399 e. The molecular formula is C14H15BCl2N2O2. The van der Waals surface area contributed by atoms with Crippen LogP contribution in [0.25, 0.3) is 10.9 Å². The summed E-state index contributed by atoms with van der Waals surface area (Å²) in [5.41, 5.74) is 0.646. The average molecular weight is 325 g/mol. The maximum absolute atomic E-state index is 6.48. The molecule has 1 aliphatic rings. The van der Waals surface area contributed by atoms with Crippen LogP contribution in [0.1, 0.15) is 27.7 Å². The summed E-state index contributed by atoms with van der Waals surface area (Å²) in [6.07, 6.45) is 1.61. The van der Waals surface area contributed by atoms with Crippen molar-refractivity contribution in [1.82, 2.24) is 9.97 Å². The fourth-order valence-corrected chi connectivity index (χ4v) is 2.66. The summed E-state index contributed by atoms with van der Waals surface area (Å²) in [5, 5.41) is 1.46. The highest BCUT2D eigenvalue weighted by Gasteiger charge is 2.52. The van der Waals surface area contributed by atoms with Crippen molar-refractivity contribution < 1.29 is 9.31 Å². The number of halogens is 2. The molecule has 0 spiro atoms. The number of hydrogen-bond acceptors (Lipinski definition) is 4. The first kappa shape index (κ1) is 15.0. The first-order chi connectivity index (χ1) is 9.71. The molecule has 0 atom stereocenters. The number of rotatable bonds is 1. The number of fused-ring (bicyclic) bond motifs is 1. The molecule has 1 saturated heterocycles. The molecule has 0 aliphatic carbocycles. The number of aromatic nitrogens is 2. The first-order valence-electron chi connectivity index (χ1n) is 6.67. The van der Waals surface area contributed by atoms with Crippen molar-refractivity contribution in [2.45, 2.75) is 38.9 Å². The molecule has 2 heterocycles. The van der Waals surface area contributed by atoms with Crippen LogP contribution in [0.4, 0.5) is 0 Å². The van der Waals surface area contributed by atoms with E-state index >= 15 is 0 Å². The van der Waals surface area contributed by atoms with Crippen LogP contribution in [0.15, 0.2) is 18.3 Å². The molecular weight excluding hydrogens is 310 g/mol. The summed E-state index contributed by atoms with van der Waals surface area (Å²) in [5.74, 6) is 0. The molecule has 0 bridgehead atoms. The molecule has 1 aliphatic heterocycles. The third-order valence-corrected chi connectivity index (χ3v) is 4.81. The molecule has 7 heteroatoms. The van der Waals surface area contributed by atoms with E-state index in [1.807, 2.05) is 39.8 Å². The second-order valence-electron chi connectivity index (χ2n) is 6.13. The summed E-state index contributed by atoms with van der Waals surface area (Å²) in [4.78, 5) is 8.13. The second kappa shape index (κ2) is 4.81. The van der Waals surface area contributed by atoms with Crippen molar-refractivity contribution in [2.24, 2.45) is 0 Å². The van der Waals surface area contributed by atoms with E-state index in [1.165, 1.54) is 0 Å². The van der Waals surface area contributed by atoms with E-state index in [0.29, 0.717) is 10.5 Å². The zero-order chi connectivity index (χ0) is 15.4. The molecule has 1 aromatic carbocycles. The van der Waals surface area contributed by atoms with Gasteiger partial charge in [-0.25, -0.2) is 9.97 Å². The van der Waals surface area contributed by atoms with Gasteiger partial charge in [-0.2, -0.15) is 0 Å². The molecule has 21 heavy (non-hydrogen) atoms. The lowest BCUT2D eigenvalue weighted by atomic mass is 9.78. The Balaban J connectivity index is 2.07. The minimum atomic E-state index is -0.512. The van der Waals surface area contributed by atoms with Crippen LogP contribution < -0.4 is 5.46 Å². The predicted molar refractivity (Wildman–Crippen MR) is 85.3 cm³/mol. The Hall–Kier alpha value is -0.875. The summed E-state index contributed by atoms with van der Waals surface area (Å²) in [6, 6.07) is 3.70. The Morgan fingerprint density at radius 3 is 2.29 bits per heavy atom. The fraction of sp³-hybridized carbons (Fsp3) is 0.429. The van der Waals surface area contributed by atoms with E-state index in [4.69, 9.17) is 32.5 Å². The standard InChI is InChI=1S/C14H15BCl2N2O2/c1-13(2)14(3,4)21-15(20-13)9-5-6-10-8(11(9)16)7-18-12(17)19-10/h5-7H,1-4H3. The molecule has 0 amide bonds. The van der Waals surface area contributed by atoms with Crippen molar-refractivity contribution in [3.63, 3.8) is 0 Å². The third-order valence-electron chi connectivity index (χ3n) is 4.21. The van der Waals surface area contributed by atoms with Crippen LogP contribution >= 0.6 is 23.2 Å². The van der Waals surface area contributed by atoms with E-state index in [9.17, 15) is 0 Å². The SMILES string of the molecule is CC1(C)OB(c2ccc3nc(Cl)ncc3c2Cl)OC1(C)C. The predicted octanol–water partition coefficient (Wildman–Crippen LogP) is 3.24. The van der Waals surface area contributed by atoms with E-state index in [2.05, 4.69) is 9.97 Å². The Morgan fingerprint density at radius 2 is 1.67 bits per heavy atom. The van der Waals surface area contributed by atoms with Crippen molar-refractivity contribution in [3.8, 4) is 0 Å². The van der Waals surface area contributed by atoms with Gasteiger partial charge in [0.2, 0.25) is 5.28 Å². The zero-order valence-electron chi connectivity index (χ0n) is 12.3. The molecule has 0 unspecified atom stereocenters. The highest BCUT2D eigenvalue weighted by Crippen LogP contribution is 2.37. The van der Waals surface area contributed by atoms with Gasteiger partial charge >= 0.3 is 7.12 Å². The lowest BCUT2D eigenvalue weighted by molar-refractivity contribution is 0.00578. The van der Waals surface area contributed by atoms with E-state index in [-0.39, 0.29) is 5.28 Å². The first-order valence-corrected chi connectivity index (χ1v) is 7.43. The van der Waals surface area contributed by atoms with Crippen LogP contribution in [0.3, 0.4) is 0 Å². The van der Waals surface area contributed by atoms with E-state index < -0.39 is 18.3 Å². The normalized spacial score (nSPS) is 20.2. The number of benzene rings is 1. The Kier molecular flexibility index (Phi) is 3.45. The molecule has 110 valence electrons. The van der Waals surface area contributed by atoms with Gasteiger partial charge in [-0.1, -0.05) is 17.7 Å². The van der Waals surface area contributed by atoms with Crippen molar-refractivity contribution in [2.75, 3.05) is 0 Å². The van der Waals surface area contributed by atoms with Crippen LogP contribution in [0, 0.1) is 0 Å². The largest absolute Gasteiger partial charge is 0.496 e. The van der Waals surface area contributed by atoms with Gasteiger partial charge in [-0.05, 0) is 45.4 Å². The summed E-state index contributed by atoms with van der Waals surface area (Å²) in [6.45, 7) is 8.02. The minimum absolute atomic E-state index is 0.196. The molecule has 0 radical (unpaired) electrons. The molecule has 3 rings (SSSR count). The highest BCUT2D eigenvalue weighted by atomic mass is 35.5. The molecule has 4 nitrogen and oxygen atoms in total. The van der Waals surface area contributed by atoms with Gasteiger partial charge in [0.05, 0.1) is 21.7 Å². The quantitative estimate of drug-likeness (QED) is 0.596.